The number of benzene rings is 1. The molecule has 4 N–H and O–H groups in total. The topological polar surface area (TPSA) is 77.0 Å². The summed E-state index contributed by atoms with van der Waals surface area (Å²) >= 11 is 9.19. The maximum atomic E-state index is 11.6. The number of guanidine groups is 1. The molecule has 7 heteroatoms. The van der Waals surface area contributed by atoms with Crippen LogP contribution < -0.4 is 16.0 Å². The first-order valence-corrected chi connectivity index (χ1v) is 6.74. The van der Waals surface area contributed by atoms with Crippen molar-refractivity contribution in [1.29, 1.82) is 5.41 Å². The van der Waals surface area contributed by atoms with Crippen molar-refractivity contribution in [3.63, 3.8) is 0 Å². The first kappa shape index (κ1) is 15.8. The molecule has 0 spiro atoms. The van der Waals surface area contributed by atoms with Gasteiger partial charge in [0.25, 0.3) is 0 Å². The summed E-state index contributed by atoms with van der Waals surface area (Å²) in [7, 11) is 0. The van der Waals surface area contributed by atoms with E-state index in [1.807, 2.05) is 20.8 Å². The summed E-state index contributed by atoms with van der Waals surface area (Å²) in [6.45, 7) is 5.57. The first-order chi connectivity index (χ1) is 8.67. The Labute approximate surface area is 125 Å². The van der Waals surface area contributed by atoms with Crippen LogP contribution >= 0.6 is 27.5 Å². The highest BCUT2D eigenvalue weighted by Crippen LogP contribution is 2.25. The van der Waals surface area contributed by atoms with Crippen molar-refractivity contribution < 1.29 is 4.79 Å². The van der Waals surface area contributed by atoms with Gasteiger partial charge in [-0.2, -0.15) is 0 Å². The van der Waals surface area contributed by atoms with Gasteiger partial charge in [-0.1, -0.05) is 11.6 Å². The lowest BCUT2D eigenvalue weighted by atomic mass is 10.1. The number of carbonyl (C=O) groups is 1. The molecule has 2 amide bonds. The molecular weight excluding hydrogens is 332 g/mol. The van der Waals surface area contributed by atoms with Crippen LogP contribution in [-0.2, 0) is 0 Å². The molecule has 0 unspecified atom stereocenters. The van der Waals surface area contributed by atoms with E-state index in [4.69, 9.17) is 17.0 Å². The van der Waals surface area contributed by atoms with Gasteiger partial charge in [-0.15, -0.1) is 0 Å². The van der Waals surface area contributed by atoms with Crippen LogP contribution in [0.4, 0.5) is 10.5 Å². The van der Waals surface area contributed by atoms with Crippen molar-refractivity contribution >= 4 is 45.2 Å². The highest BCUT2D eigenvalue weighted by atomic mass is 79.9. The van der Waals surface area contributed by atoms with Gasteiger partial charge in [0.15, 0.2) is 0 Å². The Morgan fingerprint density at radius 3 is 2.58 bits per heavy atom. The van der Waals surface area contributed by atoms with E-state index in [-0.39, 0.29) is 11.5 Å². The molecular formula is C12H16BrClN4O. The first-order valence-electron chi connectivity index (χ1n) is 5.57. The van der Waals surface area contributed by atoms with Gasteiger partial charge in [0, 0.05) is 15.0 Å². The van der Waals surface area contributed by atoms with Crippen LogP contribution in [0.15, 0.2) is 22.7 Å². The summed E-state index contributed by atoms with van der Waals surface area (Å²) in [5.41, 5.74) is 0.245. The summed E-state index contributed by atoms with van der Waals surface area (Å²) in [6.07, 6.45) is 0. The smallest absolute Gasteiger partial charge is 0.321 e. The quantitative estimate of drug-likeness (QED) is 0.463. The highest BCUT2D eigenvalue weighted by molar-refractivity contribution is 9.10. The van der Waals surface area contributed by atoms with Crippen LogP contribution in [0.1, 0.15) is 20.8 Å². The number of nitrogens with one attached hydrogen (secondary N) is 4. The second-order valence-corrected chi connectivity index (χ2v) is 6.24. The van der Waals surface area contributed by atoms with E-state index in [0.29, 0.717) is 10.7 Å². The number of rotatable bonds is 1. The lowest BCUT2D eigenvalue weighted by Crippen LogP contribution is -2.49. The third kappa shape index (κ3) is 5.94. The Bertz CT molecular complexity index is 499. The lowest BCUT2D eigenvalue weighted by Gasteiger charge is -2.21. The fourth-order valence-corrected chi connectivity index (χ4v) is 1.76. The predicted molar refractivity (Wildman–Crippen MR) is 81.9 cm³/mol. The summed E-state index contributed by atoms with van der Waals surface area (Å²) < 4.78 is 0.750. The van der Waals surface area contributed by atoms with Gasteiger partial charge < -0.3 is 10.6 Å². The van der Waals surface area contributed by atoms with Gasteiger partial charge >= 0.3 is 6.03 Å². The zero-order chi connectivity index (χ0) is 14.6. The van der Waals surface area contributed by atoms with Crippen molar-refractivity contribution in [1.82, 2.24) is 10.6 Å². The molecule has 19 heavy (non-hydrogen) atoms. The minimum Gasteiger partial charge on any atom is -0.333 e. The second-order valence-electron chi connectivity index (χ2n) is 4.95. The van der Waals surface area contributed by atoms with E-state index < -0.39 is 6.03 Å². The average Bonchev–Trinajstić information content (AvgIpc) is 2.20. The number of hydrogen-bond donors (Lipinski definition) is 4. The monoisotopic (exact) mass is 346 g/mol. The van der Waals surface area contributed by atoms with Gasteiger partial charge in [-0.3, -0.25) is 10.7 Å². The number of halogens is 2. The van der Waals surface area contributed by atoms with Crippen LogP contribution in [-0.4, -0.2) is 17.5 Å². The molecule has 0 heterocycles. The highest BCUT2D eigenvalue weighted by Gasteiger charge is 2.14. The molecule has 1 aromatic carbocycles. The van der Waals surface area contributed by atoms with Gasteiger partial charge in [0.1, 0.15) is 0 Å². The SMILES string of the molecule is CC(C)(C)NC(=O)NC(=N)Nc1cc(Cl)ccc1Br. The fraction of sp³-hybridized carbons (Fsp3) is 0.333. The molecule has 1 rings (SSSR count). The van der Waals surface area contributed by atoms with Crippen LogP contribution in [0, 0.1) is 5.41 Å². The zero-order valence-electron chi connectivity index (χ0n) is 10.9. The molecule has 0 aliphatic rings. The molecule has 5 nitrogen and oxygen atoms in total. The molecule has 0 saturated carbocycles. The van der Waals surface area contributed by atoms with E-state index in [9.17, 15) is 4.79 Å². The number of urea groups is 1. The molecule has 0 radical (unpaired) electrons. The van der Waals surface area contributed by atoms with Crippen molar-refractivity contribution in [2.24, 2.45) is 0 Å². The molecule has 0 aromatic heterocycles. The zero-order valence-corrected chi connectivity index (χ0v) is 13.2. The third-order valence-corrected chi connectivity index (χ3v) is 2.84. The molecule has 0 saturated heterocycles. The maximum absolute atomic E-state index is 11.6. The average molecular weight is 348 g/mol. The lowest BCUT2D eigenvalue weighted by molar-refractivity contribution is 0.236. The van der Waals surface area contributed by atoms with Crippen LogP contribution in [0.5, 0.6) is 0 Å². The Morgan fingerprint density at radius 2 is 2.00 bits per heavy atom. The minimum atomic E-state index is -0.442. The van der Waals surface area contributed by atoms with Crippen molar-refractivity contribution in [2.45, 2.75) is 26.3 Å². The number of carbonyl (C=O) groups excluding carboxylic acids is 1. The number of amides is 2. The van der Waals surface area contributed by atoms with Crippen LogP contribution in [0.2, 0.25) is 5.02 Å². The molecule has 0 aliphatic carbocycles. The summed E-state index contributed by atoms with van der Waals surface area (Å²) in [4.78, 5) is 11.6. The summed E-state index contributed by atoms with van der Waals surface area (Å²) in [5, 5.41) is 16.1. The van der Waals surface area contributed by atoms with E-state index in [1.165, 1.54) is 0 Å². The van der Waals surface area contributed by atoms with E-state index >= 15 is 0 Å². The van der Waals surface area contributed by atoms with Crippen LogP contribution in [0.25, 0.3) is 0 Å². The minimum absolute atomic E-state index is 0.135. The van der Waals surface area contributed by atoms with Crippen LogP contribution in [0.3, 0.4) is 0 Å². The number of anilines is 1. The van der Waals surface area contributed by atoms with Gasteiger partial charge in [-0.25, -0.2) is 4.79 Å². The molecule has 0 aliphatic heterocycles. The number of hydrogen-bond acceptors (Lipinski definition) is 2. The fourth-order valence-electron chi connectivity index (χ4n) is 1.24. The largest absolute Gasteiger partial charge is 0.333 e. The third-order valence-electron chi connectivity index (χ3n) is 1.92. The van der Waals surface area contributed by atoms with Crippen molar-refractivity contribution in [3.8, 4) is 0 Å². The Balaban J connectivity index is 2.61. The van der Waals surface area contributed by atoms with Gasteiger partial charge in [0.2, 0.25) is 5.96 Å². The predicted octanol–water partition coefficient (Wildman–Crippen LogP) is 3.55. The van der Waals surface area contributed by atoms with Gasteiger partial charge in [0.05, 0.1) is 5.69 Å². The molecule has 1 aromatic rings. The van der Waals surface area contributed by atoms with Crippen molar-refractivity contribution in [3.05, 3.63) is 27.7 Å². The summed E-state index contributed by atoms with van der Waals surface area (Å²) in [5.74, 6) is -0.135. The Morgan fingerprint density at radius 1 is 1.37 bits per heavy atom. The molecule has 0 fully saturated rings. The Hall–Kier alpha value is -1.27. The molecule has 0 atom stereocenters. The van der Waals surface area contributed by atoms with Gasteiger partial charge in [-0.05, 0) is 54.9 Å². The molecule has 104 valence electrons. The normalized spacial score (nSPS) is 10.8. The summed E-state index contributed by atoms with van der Waals surface area (Å²) in [6, 6.07) is 4.69. The maximum Gasteiger partial charge on any atom is 0.321 e. The molecule has 0 bridgehead atoms. The van der Waals surface area contributed by atoms with E-state index in [1.54, 1.807) is 18.2 Å². The second kappa shape index (κ2) is 6.25. The Kier molecular flexibility index (Phi) is 5.20. The standard InChI is InChI=1S/C12H16BrClN4O/c1-12(2,3)18-11(19)17-10(15)16-9-6-7(14)4-5-8(9)13/h4-6H,1-3H3,(H4,15,16,17,18,19). The van der Waals surface area contributed by atoms with Crippen molar-refractivity contribution in [2.75, 3.05) is 5.32 Å². The van der Waals surface area contributed by atoms with E-state index in [0.717, 1.165) is 4.47 Å². The van der Waals surface area contributed by atoms with E-state index in [2.05, 4.69) is 31.9 Å².